The van der Waals surface area contributed by atoms with Crippen LogP contribution in [-0.2, 0) is 16.1 Å². The molecule has 1 aliphatic heterocycles. The standard InChI is InChI=1S/C15H19ClFN3O2/c1-2-18-14(21)8-13-15(22)19-5-6-20(13)9-10-3-4-11(16)12(17)7-10/h3-4,7,13H,2,5-6,8-9H2,1H3,(H,18,21)(H,19,22). The molecule has 22 heavy (non-hydrogen) atoms. The van der Waals surface area contributed by atoms with E-state index in [1.807, 2.05) is 11.8 Å². The van der Waals surface area contributed by atoms with E-state index in [4.69, 9.17) is 11.6 Å². The van der Waals surface area contributed by atoms with Crippen molar-refractivity contribution in [2.24, 2.45) is 0 Å². The van der Waals surface area contributed by atoms with Gasteiger partial charge < -0.3 is 10.6 Å². The Morgan fingerprint density at radius 1 is 1.55 bits per heavy atom. The predicted octanol–water partition coefficient (Wildman–Crippen LogP) is 1.31. The molecule has 7 heteroatoms. The van der Waals surface area contributed by atoms with Crippen LogP contribution in [-0.4, -0.2) is 42.4 Å². The Balaban J connectivity index is 2.09. The summed E-state index contributed by atoms with van der Waals surface area (Å²) < 4.78 is 13.5. The number of nitrogens with one attached hydrogen (secondary N) is 2. The molecule has 1 fully saturated rings. The Hall–Kier alpha value is -1.66. The number of halogens is 2. The zero-order valence-corrected chi connectivity index (χ0v) is 13.1. The van der Waals surface area contributed by atoms with Gasteiger partial charge in [0.05, 0.1) is 17.5 Å². The second-order valence-corrected chi connectivity index (χ2v) is 5.59. The SMILES string of the molecule is CCNC(=O)CC1C(=O)NCCN1Cc1ccc(Cl)c(F)c1. The van der Waals surface area contributed by atoms with Crippen molar-refractivity contribution in [2.45, 2.75) is 25.9 Å². The van der Waals surface area contributed by atoms with Crippen LogP contribution in [0.3, 0.4) is 0 Å². The first-order valence-electron chi connectivity index (χ1n) is 7.23. The van der Waals surface area contributed by atoms with E-state index in [1.54, 1.807) is 6.07 Å². The van der Waals surface area contributed by atoms with Crippen LogP contribution in [0.4, 0.5) is 4.39 Å². The maximum absolute atomic E-state index is 13.5. The Morgan fingerprint density at radius 2 is 2.32 bits per heavy atom. The quantitative estimate of drug-likeness (QED) is 0.857. The molecular weight excluding hydrogens is 309 g/mol. The van der Waals surface area contributed by atoms with Crippen molar-refractivity contribution in [3.63, 3.8) is 0 Å². The van der Waals surface area contributed by atoms with Crippen LogP contribution >= 0.6 is 11.6 Å². The highest BCUT2D eigenvalue weighted by atomic mass is 35.5. The van der Waals surface area contributed by atoms with E-state index < -0.39 is 11.9 Å². The Kier molecular flexibility index (Phi) is 5.74. The van der Waals surface area contributed by atoms with Crippen molar-refractivity contribution in [3.05, 3.63) is 34.6 Å². The minimum Gasteiger partial charge on any atom is -0.356 e. The summed E-state index contributed by atoms with van der Waals surface area (Å²) in [5, 5.41) is 5.52. The lowest BCUT2D eigenvalue weighted by Gasteiger charge is -2.34. The van der Waals surface area contributed by atoms with Crippen molar-refractivity contribution in [2.75, 3.05) is 19.6 Å². The average molecular weight is 328 g/mol. The van der Waals surface area contributed by atoms with Gasteiger partial charge in [0.2, 0.25) is 11.8 Å². The van der Waals surface area contributed by atoms with E-state index in [2.05, 4.69) is 10.6 Å². The monoisotopic (exact) mass is 327 g/mol. The number of hydrogen-bond acceptors (Lipinski definition) is 3. The van der Waals surface area contributed by atoms with E-state index in [9.17, 15) is 14.0 Å². The molecule has 1 atom stereocenters. The average Bonchev–Trinajstić information content (AvgIpc) is 2.47. The van der Waals surface area contributed by atoms with Crippen LogP contribution in [0.2, 0.25) is 5.02 Å². The highest BCUT2D eigenvalue weighted by Gasteiger charge is 2.31. The number of nitrogens with zero attached hydrogens (tertiary/aromatic N) is 1. The summed E-state index contributed by atoms with van der Waals surface area (Å²) >= 11 is 5.67. The smallest absolute Gasteiger partial charge is 0.237 e. The van der Waals surface area contributed by atoms with Gasteiger partial charge >= 0.3 is 0 Å². The van der Waals surface area contributed by atoms with Gasteiger partial charge in [-0.3, -0.25) is 14.5 Å². The van der Waals surface area contributed by atoms with Crippen molar-refractivity contribution in [1.82, 2.24) is 15.5 Å². The molecule has 0 aliphatic carbocycles. The minimum atomic E-state index is -0.543. The molecule has 1 aliphatic rings. The molecule has 2 rings (SSSR count). The number of benzene rings is 1. The molecule has 0 bridgehead atoms. The molecule has 120 valence electrons. The number of carbonyl (C=O) groups is 2. The van der Waals surface area contributed by atoms with Gasteiger partial charge in [0.1, 0.15) is 5.82 Å². The molecule has 0 aromatic heterocycles. The Labute approximate surface area is 133 Å². The van der Waals surface area contributed by atoms with Crippen molar-refractivity contribution >= 4 is 23.4 Å². The van der Waals surface area contributed by atoms with E-state index in [1.165, 1.54) is 12.1 Å². The van der Waals surface area contributed by atoms with Crippen LogP contribution in [0.5, 0.6) is 0 Å². The van der Waals surface area contributed by atoms with Gasteiger partial charge in [-0.15, -0.1) is 0 Å². The number of hydrogen-bond donors (Lipinski definition) is 2. The Bertz CT molecular complexity index is 568. The van der Waals surface area contributed by atoms with Crippen molar-refractivity contribution in [3.8, 4) is 0 Å². The van der Waals surface area contributed by atoms with Gasteiger partial charge in [-0.1, -0.05) is 17.7 Å². The molecule has 0 spiro atoms. The molecule has 0 saturated carbocycles. The van der Waals surface area contributed by atoms with Gasteiger partial charge in [-0.25, -0.2) is 4.39 Å². The van der Waals surface area contributed by atoms with Gasteiger partial charge in [-0.2, -0.15) is 0 Å². The van der Waals surface area contributed by atoms with E-state index in [-0.39, 0.29) is 23.3 Å². The molecule has 1 unspecified atom stereocenters. The summed E-state index contributed by atoms with van der Waals surface area (Å²) in [5.41, 5.74) is 0.720. The van der Waals surface area contributed by atoms with Gasteiger partial charge in [-0.05, 0) is 24.6 Å². The first-order valence-corrected chi connectivity index (χ1v) is 7.61. The highest BCUT2D eigenvalue weighted by Crippen LogP contribution is 2.19. The Morgan fingerprint density at radius 3 is 3.00 bits per heavy atom. The molecule has 1 aromatic rings. The highest BCUT2D eigenvalue weighted by molar-refractivity contribution is 6.30. The third-order valence-corrected chi connectivity index (χ3v) is 3.87. The number of carbonyl (C=O) groups excluding carboxylic acids is 2. The number of piperazine rings is 1. The maximum Gasteiger partial charge on any atom is 0.237 e. The minimum absolute atomic E-state index is 0.0685. The summed E-state index contributed by atoms with van der Waals surface area (Å²) in [6, 6.07) is 4.03. The van der Waals surface area contributed by atoms with E-state index in [0.717, 1.165) is 5.56 Å². The summed E-state index contributed by atoms with van der Waals surface area (Å²) in [6.45, 7) is 3.87. The summed E-state index contributed by atoms with van der Waals surface area (Å²) in [5.74, 6) is -0.829. The second kappa shape index (κ2) is 7.56. The van der Waals surface area contributed by atoms with Gasteiger partial charge in [0, 0.05) is 26.2 Å². The van der Waals surface area contributed by atoms with E-state index >= 15 is 0 Å². The predicted molar refractivity (Wildman–Crippen MR) is 81.9 cm³/mol. The topological polar surface area (TPSA) is 61.4 Å². The summed E-state index contributed by atoms with van der Waals surface area (Å²) in [4.78, 5) is 25.7. The molecule has 2 N–H and O–H groups in total. The normalized spacial score (nSPS) is 18.9. The lowest BCUT2D eigenvalue weighted by Crippen LogP contribution is -2.56. The van der Waals surface area contributed by atoms with Gasteiger partial charge in [0.25, 0.3) is 0 Å². The molecule has 0 radical (unpaired) electrons. The van der Waals surface area contributed by atoms with Crippen molar-refractivity contribution < 1.29 is 14.0 Å². The van der Waals surface area contributed by atoms with Crippen LogP contribution in [0.25, 0.3) is 0 Å². The molecule has 1 aromatic carbocycles. The zero-order chi connectivity index (χ0) is 16.1. The summed E-state index contributed by atoms with van der Waals surface area (Å²) in [7, 11) is 0. The fourth-order valence-corrected chi connectivity index (χ4v) is 2.61. The van der Waals surface area contributed by atoms with Crippen molar-refractivity contribution in [1.29, 1.82) is 0 Å². The zero-order valence-electron chi connectivity index (χ0n) is 12.4. The third kappa shape index (κ3) is 4.18. The number of amides is 2. The van der Waals surface area contributed by atoms with Crippen LogP contribution in [0, 0.1) is 5.82 Å². The fourth-order valence-electron chi connectivity index (χ4n) is 2.49. The fraction of sp³-hybridized carbons (Fsp3) is 0.467. The van der Waals surface area contributed by atoms with Crippen LogP contribution in [0.15, 0.2) is 18.2 Å². The first-order chi connectivity index (χ1) is 10.5. The second-order valence-electron chi connectivity index (χ2n) is 5.18. The van der Waals surface area contributed by atoms with Gasteiger partial charge in [0.15, 0.2) is 0 Å². The lowest BCUT2D eigenvalue weighted by molar-refractivity contribution is -0.134. The van der Waals surface area contributed by atoms with Crippen LogP contribution < -0.4 is 10.6 Å². The molecule has 1 heterocycles. The molecule has 2 amide bonds. The molecule has 1 saturated heterocycles. The largest absolute Gasteiger partial charge is 0.356 e. The summed E-state index contributed by atoms with van der Waals surface area (Å²) in [6.07, 6.45) is 0.0930. The third-order valence-electron chi connectivity index (χ3n) is 3.56. The number of rotatable bonds is 5. The molecular formula is C15H19ClFN3O2. The van der Waals surface area contributed by atoms with Crippen LogP contribution in [0.1, 0.15) is 18.9 Å². The first kappa shape index (κ1) is 16.7. The maximum atomic E-state index is 13.5. The molecule has 5 nitrogen and oxygen atoms in total. The van der Waals surface area contributed by atoms with E-state index in [0.29, 0.717) is 26.2 Å². The lowest BCUT2D eigenvalue weighted by atomic mass is 10.1.